The quantitative estimate of drug-likeness (QED) is 0.431. The number of ether oxygens (including phenoxy) is 1. The highest BCUT2D eigenvalue weighted by molar-refractivity contribution is 7.23. The zero-order valence-electron chi connectivity index (χ0n) is 20.7. The minimum absolute atomic E-state index is 0.0159. The number of hydrogen-bond acceptors (Lipinski definition) is 8. The number of rotatable bonds is 6. The number of aromatic nitrogens is 2. The summed E-state index contributed by atoms with van der Waals surface area (Å²) in [6, 6.07) is 4.20. The Morgan fingerprint density at radius 3 is 2.84 bits per heavy atom. The largest absolute Gasteiger partial charge is 0.393 e. The van der Waals surface area contributed by atoms with Crippen LogP contribution in [0.1, 0.15) is 43.2 Å². The molecule has 6 atom stereocenters. The molecule has 38 heavy (non-hydrogen) atoms. The minimum Gasteiger partial charge on any atom is -0.378 e. The Morgan fingerprint density at radius 2 is 2.11 bits per heavy atom. The van der Waals surface area contributed by atoms with E-state index in [0.717, 1.165) is 24.2 Å². The van der Waals surface area contributed by atoms with E-state index in [1.165, 1.54) is 7.11 Å². The highest BCUT2D eigenvalue weighted by Gasteiger charge is 2.46. The first-order valence-electron chi connectivity index (χ1n) is 12.5. The summed E-state index contributed by atoms with van der Waals surface area (Å²) in [5.74, 6) is -0.202. The van der Waals surface area contributed by atoms with E-state index in [9.17, 15) is 18.0 Å². The van der Waals surface area contributed by atoms with Crippen LogP contribution in [0.4, 0.5) is 23.2 Å². The lowest BCUT2D eigenvalue weighted by Crippen LogP contribution is -2.53. The number of carbonyl (C=O) groups is 1. The van der Waals surface area contributed by atoms with Crippen molar-refractivity contribution in [2.45, 2.75) is 74.7 Å². The van der Waals surface area contributed by atoms with Crippen LogP contribution >= 0.6 is 11.3 Å². The first-order valence-corrected chi connectivity index (χ1v) is 13.4. The number of halogens is 4. The summed E-state index contributed by atoms with van der Waals surface area (Å²) in [4.78, 5) is 18.7. The summed E-state index contributed by atoms with van der Waals surface area (Å²) in [6.07, 6.45) is -4.75. The van der Waals surface area contributed by atoms with Gasteiger partial charge in [0.2, 0.25) is 17.6 Å². The standard InChI is InChI=1S/C25H27F4N5O3S/c1-34-11-6-7-17(34)19(26)15(8-11)30-14-5-3-4-12-13(10-25(27,28)29)21(38-20(12)14)22-32-24(37-33-22)16-9-18(36-2)23(35)31-16/h3-5,11,15-19,30H,6-10H2,1-2H3,(H,31,35)/t11-,15-,16-,17+,18+,19-/m1/s1. The number of nitrogens with one attached hydrogen (secondary N) is 2. The summed E-state index contributed by atoms with van der Waals surface area (Å²) < 4.78 is 67.5. The molecule has 3 aliphatic heterocycles. The third-order valence-electron chi connectivity index (χ3n) is 8.00. The number of benzene rings is 1. The van der Waals surface area contributed by atoms with Crippen LogP contribution in [0.15, 0.2) is 22.7 Å². The normalized spacial score (nSPS) is 29.8. The van der Waals surface area contributed by atoms with Gasteiger partial charge in [-0.05, 0) is 43.3 Å². The van der Waals surface area contributed by atoms with Crippen LogP contribution in [0.25, 0.3) is 20.8 Å². The molecule has 3 aliphatic rings. The van der Waals surface area contributed by atoms with Gasteiger partial charge in [-0.1, -0.05) is 17.3 Å². The van der Waals surface area contributed by atoms with Crippen LogP contribution < -0.4 is 10.6 Å². The number of anilines is 1. The fourth-order valence-corrected chi connectivity index (χ4v) is 7.28. The average molecular weight is 554 g/mol. The summed E-state index contributed by atoms with van der Waals surface area (Å²) in [5, 5.41) is 10.4. The van der Waals surface area contributed by atoms with E-state index < -0.39 is 37.0 Å². The lowest BCUT2D eigenvalue weighted by atomic mass is 9.95. The molecule has 1 aromatic carbocycles. The minimum atomic E-state index is -4.47. The Bertz CT molecular complexity index is 1360. The number of carbonyl (C=O) groups excluding carboxylic acids is 1. The van der Waals surface area contributed by atoms with Crippen molar-refractivity contribution in [3.8, 4) is 10.7 Å². The van der Waals surface area contributed by atoms with Gasteiger partial charge in [-0.15, -0.1) is 11.3 Å². The van der Waals surface area contributed by atoms with Gasteiger partial charge in [-0.2, -0.15) is 18.2 Å². The molecule has 0 spiro atoms. The Hall–Kier alpha value is -2.77. The fourth-order valence-electron chi connectivity index (χ4n) is 6.06. The second-order valence-corrected chi connectivity index (χ2v) is 11.3. The highest BCUT2D eigenvalue weighted by atomic mass is 32.1. The van der Waals surface area contributed by atoms with Crippen LogP contribution in [0.2, 0.25) is 0 Å². The Morgan fingerprint density at radius 1 is 1.29 bits per heavy atom. The van der Waals surface area contributed by atoms with Crippen molar-refractivity contribution in [1.29, 1.82) is 0 Å². The molecule has 13 heteroatoms. The van der Waals surface area contributed by atoms with E-state index >= 15 is 4.39 Å². The van der Waals surface area contributed by atoms with Crippen molar-refractivity contribution in [2.24, 2.45) is 0 Å². The number of nitrogens with zero attached hydrogens (tertiary/aromatic N) is 3. The van der Waals surface area contributed by atoms with Crippen LogP contribution in [-0.2, 0) is 16.0 Å². The molecule has 0 radical (unpaired) electrons. The van der Waals surface area contributed by atoms with Gasteiger partial charge in [0.05, 0.1) is 27.7 Å². The molecule has 1 amide bonds. The molecular formula is C25H27F4N5O3S. The van der Waals surface area contributed by atoms with Crippen molar-refractivity contribution < 1.29 is 31.6 Å². The van der Waals surface area contributed by atoms with Gasteiger partial charge in [0, 0.05) is 25.6 Å². The maximum absolute atomic E-state index is 15.4. The van der Waals surface area contributed by atoms with Crippen LogP contribution in [0, 0.1) is 0 Å². The Kier molecular flexibility index (Phi) is 6.35. The molecule has 3 aromatic rings. The molecule has 2 aromatic heterocycles. The first-order chi connectivity index (χ1) is 18.1. The predicted octanol–water partition coefficient (Wildman–Crippen LogP) is 4.62. The molecular weight excluding hydrogens is 526 g/mol. The van der Waals surface area contributed by atoms with Crippen molar-refractivity contribution >= 4 is 33.0 Å². The van der Waals surface area contributed by atoms with Gasteiger partial charge in [-0.25, -0.2) is 4.39 Å². The van der Waals surface area contributed by atoms with Crippen LogP contribution in [0.3, 0.4) is 0 Å². The van der Waals surface area contributed by atoms with E-state index in [2.05, 4.69) is 25.7 Å². The summed E-state index contributed by atoms with van der Waals surface area (Å²) in [6.45, 7) is 0. The molecule has 204 valence electrons. The van der Waals surface area contributed by atoms with Crippen molar-refractivity contribution in [1.82, 2.24) is 20.4 Å². The Labute approximate surface area is 219 Å². The molecule has 8 nitrogen and oxygen atoms in total. The monoisotopic (exact) mass is 553 g/mol. The number of hydrogen-bond donors (Lipinski definition) is 2. The zero-order valence-corrected chi connectivity index (χ0v) is 21.5. The lowest BCUT2D eigenvalue weighted by Gasteiger charge is -2.39. The van der Waals surface area contributed by atoms with Crippen molar-refractivity contribution in [3.05, 3.63) is 29.7 Å². The lowest BCUT2D eigenvalue weighted by molar-refractivity contribution is -0.128. The zero-order chi connectivity index (χ0) is 26.8. The predicted molar refractivity (Wildman–Crippen MR) is 133 cm³/mol. The Balaban J connectivity index is 1.36. The first kappa shape index (κ1) is 25.5. The van der Waals surface area contributed by atoms with Crippen LogP contribution in [-0.4, -0.2) is 71.7 Å². The topological polar surface area (TPSA) is 92.5 Å². The van der Waals surface area contributed by atoms with Gasteiger partial charge in [0.15, 0.2) is 0 Å². The van der Waals surface area contributed by atoms with Gasteiger partial charge >= 0.3 is 6.18 Å². The fraction of sp³-hybridized carbons (Fsp3) is 0.560. The highest BCUT2D eigenvalue weighted by Crippen LogP contribution is 2.45. The molecule has 3 fully saturated rings. The third-order valence-corrected chi connectivity index (χ3v) is 9.27. The van der Waals surface area contributed by atoms with Gasteiger partial charge < -0.3 is 19.9 Å². The maximum atomic E-state index is 15.4. The second-order valence-electron chi connectivity index (χ2n) is 10.3. The van der Waals surface area contributed by atoms with E-state index in [0.29, 0.717) is 22.2 Å². The van der Waals surface area contributed by atoms with Gasteiger partial charge in [-0.3, -0.25) is 9.69 Å². The van der Waals surface area contributed by atoms with E-state index in [1.807, 2.05) is 7.05 Å². The van der Waals surface area contributed by atoms with Gasteiger partial charge in [0.1, 0.15) is 18.3 Å². The molecule has 0 aliphatic carbocycles. The van der Waals surface area contributed by atoms with E-state index in [1.54, 1.807) is 18.2 Å². The number of fused-ring (bicyclic) bond motifs is 3. The number of methoxy groups -OCH3 is 1. The smallest absolute Gasteiger partial charge is 0.378 e. The summed E-state index contributed by atoms with van der Waals surface area (Å²) >= 11 is 1.12. The molecule has 6 rings (SSSR count). The molecule has 0 saturated carbocycles. The molecule has 2 bridgehead atoms. The molecule has 0 unspecified atom stereocenters. The number of piperidine rings is 1. The van der Waals surface area contributed by atoms with E-state index in [-0.39, 0.29) is 46.6 Å². The summed E-state index contributed by atoms with van der Waals surface area (Å²) in [7, 11) is 3.37. The van der Waals surface area contributed by atoms with Crippen molar-refractivity contribution in [2.75, 3.05) is 19.5 Å². The molecule has 2 N–H and O–H groups in total. The molecule has 3 saturated heterocycles. The number of alkyl halides is 4. The third kappa shape index (κ3) is 4.43. The molecule has 5 heterocycles. The number of amides is 1. The van der Waals surface area contributed by atoms with E-state index in [4.69, 9.17) is 9.26 Å². The maximum Gasteiger partial charge on any atom is 0.393 e. The average Bonchev–Trinajstić information content (AvgIpc) is 3.62. The number of thiophene rings is 1. The van der Waals surface area contributed by atoms with Crippen molar-refractivity contribution in [3.63, 3.8) is 0 Å². The summed E-state index contributed by atoms with van der Waals surface area (Å²) in [5.41, 5.74) is 0.632. The SMILES string of the molecule is CO[C@H]1C[C@H](c2nc(-c3sc4c(N[C@@H]5C[C@H]6CC[C@@H]([C@@H]5F)N6C)cccc4c3CC(F)(F)F)no2)NC1=O. The second kappa shape index (κ2) is 9.45. The van der Waals surface area contributed by atoms with Crippen LogP contribution in [0.5, 0.6) is 0 Å². The van der Waals surface area contributed by atoms with Gasteiger partial charge in [0.25, 0.3) is 0 Å².